The van der Waals surface area contributed by atoms with Gasteiger partial charge in [-0.3, -0.25) is 9.59 Å². The number of cyclic esters (lactones) is 1. The SMILES string of the molecule is COc1ccnc(C(=O)N[C@H]2CCC[C@H](Cc3ccccc3)[C@@H](CCc3ccccc3)[C@H](C)OC2=O)c1OCOC(C)=O. The van der Waals surface area contributed by atoms with E-state index in [4.69, 9.17) is 18.9 Å². The van der Waals surface area contributed by atoms with Gasteiger partial charge in [0.25, 0.3) is 5.91 Å². The molecule has 0 saturated carbocycles. The average molecular weight is 589 g/mol. The molecule has 1 aliphatic heterocycles. The van der Waals surface area contributed by atoms with Crippen LogP contribution >= 0.6 is 0 Å². The van der Waals surface area contributed by atoms with E-state index < -0.39 is 30.7 Å². The van der Waals surface area contributed by atoms with Gasteiger partial charge in [0.2, 0.25) is 6.79 Å². The van der Waals surface area contributed by atoms with Gasteiger partial charge in [-0.15, -0.1) is 0 Å². The molecule has 4 rings (SSSR count). The molecule has 1 amide bonds. The van der Waals surface area contributed by atoms with Crippen LogP contribution in [0, 0.1) is 11.8 Å². The summed E-state index contributed by atoms with van der Waals surface area (Å²) in [6.07, 6.45) is 5.74. The summed E-state index contributed by atoms with van der Waals surface area (Å²) < 4.78 is 21.8. The molecule has 228 valence electrons. The highest BCUT2D eigenvalue weighted by Gasteiger charge is 2.35. The van der Waals surface area contributed by atoms with Crippen molar-refractivity contribution in [2.24, 2.45) is 11.8 Å². The summed E-state index contributed by atoms with van der Waals surface area (Å²) in [5.74, 6) is -0.947. The Kier molecular flexibility index (Phi) is 11.5. The van der Waals surface area contributed by atoms with Crippen LogP contribution < -0.4 is 14.8 Å². The molecule has 1 N–H and O–H groups in total. The Labute approximate surface area is 252 Å². The van der Waals surface area contributed by atoms with Gasteiger partial charge >= 0.3 is 11.9 Å². The lowest BCUT2D eigenvalue weighted by atomic mass is 9.77. The molecule has 0 bridgehead atoms. The summed E-state index contributed by atoms with van der Waals surface area (Å²) in [7, 11) is 1.42. The number of rotatable bonds is 11. The van der Waals surface area contributed by atoms with E-state index in [9.17, 15) is 14.4 Å². The second kappa shape index (κ2) is 15.7. The van der Waals surface area contributed by atoms with Crippen molar-refractivity contribution in [3.8, 4) is 11.5 Å². The van der Waals surface area contributed by atoms with Gasteiger partial charge in [-0.05, 0) is 62.0 Å². The molecule has 0 unspecified atom stereocenters. The first-order chi connectivity index (χ1) is 20.9. The number of methoxy groups -OCH3 is 1. The van der Waals surface area contributed by atoms with E-state index in [1.165, 1.54) is 37.4 Å². The van der Waals surface area contributed by atoms with E-state index in [-0.39, 0.29) is 29.2 Å². The zero-order valence-corrected chi connectivity index (χ0v) is 25.0. The van der Waals surface area contributed by atoms with E-state index in [2.05, 4.69) is 46.7 Å². The number of aromatic nitrogens is 1. The minimum Gasteiger partial charge on any atom is -0.493 e. The van der Waals surface area contributed by atoms with Crippen molar-refractivity contribution >= 4 is 17.8 Å². The number of amides is 1. The quantitative estimate of drug-likeness (QED) is 0.237. The Balaban J connectivity index is 1.51. The van der Waals surface area contributed by atoms with E-state index in [1.54, 1.807) is 0 Å². The number of carbonyl (C=O) groups is 3. The summed E-state index contributed by atoms with van der Waals surface area (Å²) in [6.45, 7) is 2.78. The highest BCUT2D eigenvalue weighted by atomic mass is 16.7. The van der Waals surface area contributed by atoms with Crippen LogP contribution in [0.25, 0.3) is 0 Å². The highest BCUT2D eigenvalue weighted by molar-refractivity contribution is 5.98. The first-order valence-electron chi connectivity index (χ1n) is 14.7. The molecular formula is C34H40N2O7. The summed E-state index contributed by atoms with van der Waals surface area (Å²) >= 11 is 0. The summed E-state index contributed by atoms with van der Waals surface area (Å²) in [5.41, 5.74) is 2.42. The molecule has 0 radical (unpaired) electrons. The zero-order valence-electron chi connectivity index (χ0n) is 25.0. The monoisotopic (exact) mass is 588 g/mol. The Hall–Kier alpha value is -4.40. The molecule has 2 heterocycles. The van der Waals surface area contributed by atoms with Gasteiger partial charge in [0, 0.05) is 19.2 Å². The number of pyridine rings is 1. The molecule has 0 aliphatic carbocycles. The van der Waals surface area contributed by atoms with Gasteiger partial charge in [0.15, 0.2) is 17.2 Å². The third-order valence-corrected chi connectivity index (χ3v) is 7.89. The Bertz CT molecular complexity index is 1350. The molecule has 2 aromatic carbocycles. The minimum absolute atomic E-state index is 0.0115. The van der Waals surface area contributed by atoms with Crippen molar-refractivity contribution in [1.82, 2.24) is 10.3 Å². The first kappa shape index (κ1) is 31.5. The fourth-order valence-electron chi connectivity index (χ4n) is 5.69. The van der Waals surface area contributed by atoms with Gasteiger partial charge in [-0.25, -0.2) is 9.78 Å². The molecule has 0 spiro atoms. The smallest absolute Gasteiger partial charge is 0.328 e. The maximum Gasteiger partial charge on any atom is 0.328 e. The molecule has 43 heavy (non-hydrogen) atoms. The van der Waals surface area contributed by atoms with E-state index in [1.807, 2.05) is 31.2 Å². The molecule has 1 aliphatic rings. The molecule has 9 heteroatoms. The van der Waals surface area contributed by atoms with Gasteiger partial charge in [0.05, 0.1) is 7.11 Å². The predicted octanol–water partition coefficient (Wildman–Crippen LogP) is 5.31. The van der Waals surface area contributed by atoms with Crippen LogP contribution in [0.4, 0.5) is 0 Å². The van der Waals surface area contributed by atoms with Crippen molar-refractivity contribution < 1.29 is 33.3 Å². The highest BCUT2D eigenvalue weighted by Crippen LogP contribution is 2.34. The van der Waals surface area contributed by atoms with Crippen molar-refractivity contribution in [3.63, 3.8) is 0 Å². The van der Waals surface area contributed by atoms with Crippen molar-refractivity contribution in [2.45, 2.75) is 64.5 Å². The first-order valence-corrected chi connectivity index (χ1v) is 14.7. The number of nitrogens with zero attached hydrogens (tertiary/aromatic N) is 1. The Morgan fingerprint density at radius 3 is 2.37 bits per heavy atom. The van der Waals surface area contributed by atoms with Crippen LogP contribution in [0.5, 0.6) is 11.5 Å². The number of nitrogens with one attached hydrogen (secondary N) is 1. The molecule has 1 saturated heterocycles. The second-order valence-electron chi connectivity index (χ2n) is 10.8. The molecular weight excluding hydrogens is 548 g/mol. The number of ether oxygens (including phenoxy) is 4. The number of benzene rings is 2. The number of carbonyl (C=O) groups excluding carboxylic acids is 3. The lowest BCUT2D eigenvalue weighted by Crippen LogP contribution is -2.43. The largest absolute Gasteiger partial charge is 0.493 e. The summed E-state index contributed by atoms with van der Waals surface area (Å²) in [4.78, 5) is 42.2. The van der Waals surface area contributed by atoms with E-state index in [0.29, 0.717) is 12.3 Å². The zero-order chi connectivity index (χ0) is 30.6. The van der Waals surface area contributed by atoms with Crippen LogP contribution in [0.1, 0.15) is 61.1 Å². The van der Waals surface area contributed by atoms with Crippen molar-refractivity contribution in [3.05, 3.63) is 89.7 Å². The van der Waals surface area contributed by atoms with Gasteiger partial charge in [-0.2, -0.15) is 0 Å². The lowest BCUT2D eigenvalue weighted by Gasteiger charge is -2.31. The fraction of sp³-hybridized carbons (Fsp3) is 0.412. The fourth-order valence-corrected chi connectivity index (χ4v) is 5.69. The topological polar surface area (TPSA) is 113 Å². The summed E-state index contributed by atoms with van der Waals surface area (Å²) in [5, 5.41) is 2.81. The number of hydrogen-bond acceptors (Lipinski definition) is 8. The molecule has 1 fully saturated rings. The molecule has 9 nitrogen and oxygen atoms in total. The lowest BCUT2D eigenvalue weighted by molar-refractivity contribution is -0.154. The average Bonchev–Trinajstić information content (AvgIpc) is 3.05. The maximum absolute atomic E-state index is 13.5. The van der Waals surface area contributed by atoms with Crippen LogP contribution in [0.15, 0.2) is 72.9 Å². The van der Waals surface area contributed by atoms with Crippen LogP contribution in [0.2, 0.25) is 0 Å². The predicted molar refractivity (Wildman–Crippen MR) is 161 cm³/mol. The number of esters is 2. The molecule has 3 aromatic rings. The van der Waals surface area contributed by atoms with Gasteiger partial charge in [0.1, 0.15) is 12.1 Å². The van der Waals surface area contributed by atoms with E-state index in [0.717, 1.165) is 32.1 Å². The van der Waals surface area contributed by atoms with Crippen LogP contribution in [0.3, 0.4) is 0 Å². The van der Waals surface area contributed by atoms with Crippen molar-refractivity contribution in [2.75, 3.05) is 13.9 Å². The number of hydrogen-bond donors (Lipinski definition) is 1. The molecule has 1 aromatic heterocycles. The van der Waals surface area contributed by atoms with Gasteiger partial charge in [-0.1, -0.05) is 67.1 Å². The number of aryl methyl sites for hydroxylation is 1. The second-order valence-corrected chi connectivity index (χ2v) is 10.8. The maximum atomic E-state index is 13.5. The summed E-state index contributed by atoms with van der Waals surface area (Å²) in [6, 6.07) is 21.4. The Morgan fingerprint density at radius 2 is 1.70 bits per heavy atom. The van der Waals surface area contributed by atoms with Crippen molar-refractivity contribution in [1.29, 1.82) is 0 Å². The third kappa shape index (κ3) is 9.04. The van der Waals surface area contributed by atoms with E-state index >= 15 is 0 Å². The normalized spacial score (nSPS) is 20.5. The third-order valence-electron chi connectivity index (χ3n) is 7.89. The van der Waals surface area contributed by atoms with Crippen LogP contribution in [-0.4, -0.2) is 48.9 Å². The minimum atomic E-state index is -0.866. The molecule has 4 atom stereocenters. The van der Waals surface area contributed by atoms with Gasteiger partial charge < -0.3 is 24.3 Å². The van der Waals surface area contributed by atoms with Crippen LogP contribution in [-0.2, 0) is 31.9 Å². The standard InChI is InChI=1S/C34H40N2O7/c1-23-28(18-17-25-11-6-4-7-12-25)27(21-26-13-8-5-9-14-26)15-10-16-29(34(39)43-23)36-33(38)31-32(42-22-41-24(2)37)30(40-3)19-20-35-31/h4-9,11-14,19-20,23,27-29H,10,15-18,21-22H2,1-3H3,(H,36,38)/t23-,27+,28-,29-/m0/s1. The Morgan fingerprint density at radius 1 is 1.00 bits per heavy atom.